The van der Waals surface area contributed by atoms with E-state index in [-0.39, 0.29) is 0 Å². The van der Waals surface area contributed by atoms with Crippen molar-refractivity contribution in [3.8, 4) is 21.1 Å². The quantitative estimate of drug-likeness (QED) is 0.535. The third-order valence-corrected chi connectivity index (χ3v) is 5.21. The molecule has 0 saturated carbocycles. The first-order valence-corrected chi connectivity index (χ1v) is 8.91. The number of pyridine rings is 1. The number of aromatic nitrogens is 3. The zero-order chi connectivity index (χ0) is 17.4. The van der Waals surface area contributed by atoms with Crippen molar-refractivity contribution in [2.24, 2.45) is 0 Å². The van der Waals surface area contributed by atoms with Gasteiger partial charge < -0.3 is 4.90 Å². The molecule has 0 aliphatic rings. The molecule has 0 aliphatic heterocycles. The molecule has 0 saturated heterocycles. The molecule has 0 N–H and O–H groups in total. The lowest BCUT2D eigenvalue weighted by atomic mass is 10.1. The van der Waals surface area contributed by atoms with E-state index in [0.717, 1.165) is 43.3 Å². The maximum atomic E-state index is 4.52. The summed E-state index contributed by atoms with van der Waals surface area (Å²) in [7, 11) is 3.98. The van der Waals surface area contributed by atoms with Crippen LogP contribution in [0.5, 0.6) is 0 Å². The molecule has 3 aromatic heterocycles. The van der Waals surface area contributed by atoms with Crippen LogP contribution in [0.3, 0.4) is 0 Å². The third kappa shape index (κ3) is 2.87. The van der Waals surface area contributed by atoms with Gasteiger partial charge in [0.15, 0.2) is 5.82 Å². The van der Waals surface area contributed by atoms with Crippen molar-refractivity contribution in [1.82, 2.24) is 15.2 Å². The van der Waals surface area contributed by atoms with Crippen LogP contribution in [0.4, 0.5) is 5.82 Å². The molecule has 25 heavy (non-hydrogen) atoms. The van der Waals surface area contributed by atoms with Crippen LogP contribution in [-0.2, 0) is 0 Å². The number of fused-ring (bicyclic) bond motifs is 1. The predicted molar refractivity (Wildman–Crippen MR) is 105 cm³/mol. The lowest BCUT2D eigenvalue weighted by Gasteiger charge is -2.14. The summed E-state index contributed by atoms with van der Waals surface area (Å²) in [4.78, 5) is 8.76. The summed E-state index contributed by atoms with van der Waals surface area (Å²) in [5, 5.41) is 11.2. The zero-order valence-corrected chi connectivity index (χ0v) is 15.2. The SMILES string of the molecule is Cc1ccc(-c2ccc(-c3nnc(N(C)C)c4ccccc34)s2)nc1. The van der Waals surface area contributed by atoms with Crippen LogP contribution in [0.15, 0.2) is 54.7 Å². The number of hydrogen-bond donors (Lipinski definition) is 0. The van der Waals surface area contributed by atoms with Crippen LogP contribution in [0.2, 0.25) is 0 Å². The summed E-state index contributed by atoms with van der Waals surface area (Å²) in [6.45, 7) is 2.05. The third-order valence-electron chi connectivity index (χ3n) is 4.09. The number of thiophene rings is 1. The van der Waals surface area contributed by atoms with Gasteiger partial charge >= 0.3 is 0 Å². The first-order chi connectivity index (χ1) is 12.1. The fraction of sp³-hybridized carbons (Fsp3) is 0.150. The van der Waals surface area contributed by atoms with Crippen molar-refractivity contribution in [2.45, 2.75) is 6.92 Å². The zero-order valence-electron chi connectivity index (χ0n) is 14.4. The van der Waals surface area contributed by atoms with Crippen LogP contribution < -0.4 is 4.90 Å². The Balaban J connectivity index is 1.83. The Hall–Kier alpha value is -2.79. The van der Waals surface area contributed by atoms with Gasteiger partial charge in [0.05, 0.1) is 15.4 Å². The van der Waals surface area contributed by atoms with E-state index in [4.69, 9.17) is 0 Å². The Morgan fingerprint density at radius 1 is 0.840 bits per heavy atom. The summed E-state index contributed by atoms with van der Waals surface area (Å²) in [5.74, 6) is 0.885. The van der Waals surface area contributed by atoms with Gasteiger partial charge in [-0.2, -0.15) is 0 Å². The van der Waals surface area contributed by atoms with E-state index in [2.05, 4.69) is 51.6 Å². The van der Waals surface area contributed by atoms with Crippen LogP contribution in [0, 0.1) is 6.92 Å². The van der Waals surface area contributed by atoms with Gasteiger partial charge in [-0.15, -0.1) is 21.5 Å². The molecular weight excluding hydrogens is 328 g/mol. The highest BCUT2D eigenvalue weighted by atomic mass is 32.1. The van der Waals surface area contributed by atoms with Crippen LogP contribution in [0.1, 0.15) is 5.56 Å². The molecule has 124 valence electrons. The molecule has 0 radical (unpaired) electrons. The summed E-state index contributed by atoms with van der Waals surface area (Å²) in [6, 6.07) is 16.6. The number of anilines is 1. The van der Waals surface area contributed by atoms with E-state index in [1.165, 1.54) is 0 Å². The Bertz CT molecular complexity index is 1040. The molecule has 0 unspecified atom stereocenters. The summed E-state index contributed by atoms with van der Waals surface area (Å²) in [6.07, 6.45) is 1.90. The first-order valence-electron chi connectivity index (χ1n) is 8.09. The Morgan fingerprint density at radius 3 is 2.32 bits per heavy atom. The average molecular weight is 346 g/mol. The molecule has 0 aliphatic carbocycles. The minimum atomic E-state index is 0.885. The fourth-order valence-corrected chi connectivity index (χ4v) is 3.80. The lowest BCUT2D eigenvalue weighted by Crippen LogP contribution is -2.12. The van der Waals surface area contributed by atoms with Gasteiger partial charge in [-0.25, -0.2) is 0 Å². The van der Waals surface area contributed by atoms with Gasteiger partial charge in [0, 0.05) is 31.1 Å². The van der Waals surface area contributed by atoms with E-state index in [1.54, 1.807) is 11.3 Å². The van der Waals surface area contributed by atoms with Crippen molar-refractivity contribution in [3.63, 3.8) is 0 Å². The second-order valence-corrected chi connectivity index (χ2v) is 7.28. The standard InChI is InChI=1S/C20H18N4S/c1-13-8-9-16(21-12-13)17-10-11-18(25-17)19-14-6-4-5-7-15(14)20(23-22-19)24(2)3/h4-12H,1-3H3. The summed E-state index contributed by atoms with van der Waals surface area (Å²) >= 11 is 1.70. The molecule has 4 aromatic rings. The highest BCUT2D eigenvalue weighted by molar-refractivity contribution is 7.18. The van der Waals surface area contributed by atoms with Crippen LogP contribution >= 0.6 is 11.3 Å². The van der Waals surface area contributed by atoms with E-state index in [0.29, 0.717) is 0 Å². The van der Waals surface area contributed by atoms with Gasteiger partial charge in [0.1, 0.15) is 5.69 Å². The van der Waals surface area contributed by atoms with E-state index in [1.807, 2.05) is 44.2 Å². The van der Waals surface area contributed by atoms with Crippen molar-refractivity contribution in [3.05, 3.63) is 60.3 Å². The molecule has 4 rings (SSSR count). The van der Waals surface area contributed by atoms with Gasteiger partial charge in [0.2, 0.25) is 0 Å². The molecule has 0 spiro atoms. The predicted octanol–water partition coefficient (Wildman–Crippen LogP) is 4.79. The first kappa shape index (κ1) is 15.7. The Morgan fingerprint density at radius 2 is 1.60 bits per heavy atom. The normalized spacial score (nSPS) is 11.0. The molecule has 1 aromatic carbocycles. The van der Waals surface area contributed by atoms with Gasteiger partial charge in [-0.05, 0) is 30.7 Å². The second-order valence-electron chi connectivity index (χ2n) is 6.20. The monoisotopic (exact) mass is 346 g/mol. The molecule has 0 bridgehead atoms. The second kappa shape index (κ2) is 6.26. The fourth-order valence-electron chi connectivity index (χ4n) is 2.82. The lowest BCUT2D eigenvalue weighted by molar-refractivity contribution is 0.986. The minimum Gasteiger partial charge on any atom is -0.361 e. The van der Waals surface area contributed by atoms with Crippen molar-refractivity contribution >= 4 is 27.9 Å². The molecule has 0 atom stereocenters. The number of nitrogens with zero attached hydrogens (tertiary/aromatic N) is 4. The van der Waals surface area contributed by atoms with Gasteiger partial charge in [-0.3, -0.25) is 4.98 Å². The number of hydrogen-bond acceptors (Lipinski definition) is 5. The molecule has 3 heterocycles. The Labute approximate surface area is 150 Å². The van der Waals surface area contributed by atoms with Crippen molar-refractivity contribution in [1.29, 1.82) is 0 Å². The van der Waals surface area contributed by atoms with E-state index in [9.17, 15) is 0 Å². The molecule has 4 nitrogen and oxygen atoms in total. The highest BCUT2D eigenvalue weighted by Crippen LogP contribution is 2.37. The van der Waals surface area contributed by atoms with Gasteiger partial charge in [0.25, 0.3) is 0 Å². The summed E-state index contributed by atoms with van der Waals surface area (Å²) < 4.78 is 0. The van der Waals surface area contributed by atoms with Crippen LogP contribution in [-0.4, -0.2) is 29.3 Å². The van der Waals surface area contributed by atoms with Crippen LogP contribution in [0.25, 0.3) is 31.9 Å². The maximum Gasteiger partial charge on any atom is 0.158 e. The maximum absolute atomic E-state index is 4.52. The number of benzene rings is 1. The van der Waals surface area contributed by atoms with Crippen molar-refractivity contribution < 1.29 is 0 Å². The Kier molecular flexibility index (Phi) is 3.93. The topological polar surface area (TPSA) is 41.9 Å². The highest BCUT2D eigenvalue weighted by Gasteiger charge is 2.14. The van der Waals surface area contributed by atoms with E-state index >= 15 is 0 Å². The number of rotatable bonds is 3. The molecule has 0 amide bonds. The largest absolute Gasteiger partial charge is 0.361 e. The van der Waals surface area contributed by atoms with E-state index < -0.39 is 0 Å². The molecular formula is C20H18N4S. The van der Waals surface area contributed by atoms with Crippen molar-refractivity contribution in [2.75, 3.05) is 19.0 Å². The number of aryl methyl sites for hydroxylation is 1. The van der Waals surface area contributed by atoms with Gasteiger partial charge in [-0.1, -0.05) is 30.3 Å². The molecule has 5 heteroatoms. The average Bonchev–Trinajstić information content (AvgIpc) is 3.11. The summed E-state index contributed by atoms with van der Waals surface area (Å²) in [5.41, 5.74) is 3.07. The minimum absolute atomic E-state index is 0.885. The smallest absolute Gasteiger partial charge is 0.158 e. The molecule has 0 fully saturated rings.